The Morgan fingerprint density at radius 3 is 2.76 bits per heavy atom. The third-order valence-electron chi connectivity index (χ3n) is 4.04. The number of halogens is 1. The summed E-state index contributed by atoms with van der Waals surface area (Å²) in [6.07, 6.45) is 0.815. The van der Waals surface area contributed by atoms with E-state index in [4.69, 9.17) is 4.74 Å². The van der Waals surface area contributed by atoms with E-state index in [1.165, 1.54) is 17.0 Å². The van der Waals surface area contributed by atoms with Crippen LogP contribution in [0, 0.1) is 11.7 Å². The molecule has 7 heteroatoms. The standard InChI is InChI=1S/C18H19FN2O3S/c19-15-5-1-2-6-16(15)24-12-17(22)21-10-13(11-21)18(23)20-8-7-14-4-3-9-25-14/h1-6,9,13H,7-8,10-12H2,(H,20,23). The first-order chi connectivity index (χ1) is 12.1. The first-order valence-corrected chi connectivity index (χ1v) is 8.96. The fraction of sp³-hybridized carbons (Fsp3) is 0.333. The van der Waals surface area contributed by atoms with Gasteiger partial charge < -0.3 is 15.0 Å². The second kappa shape index (κ2) is 8.11. The van der Waals surface area contributed by atoms with E-state index in [1.807, 2.05) is 17.5 Å². The fourth-order valence-electron chi connectivity index (χ4n) is 2.55. The number of nitrogens with one attached hydrogen (secondary N) is 1. The van der Waals surface area contributed by atoms with Crippen LogP contribution in [-0.2, 0) is 16.0 Å². The number of nitrogens with zero attached hydrogens (tertiary/aromatic N) is 1. The average molecular weight is 362 g/mol. The highest BCUT2D eigenvalue weighted by Crippen LogP contribution is 2.18. The van der Waals surface area contributed by atoms with E-state index in [9.17, 15) is 14.0 Å². The van der Waals surface area contributed by atoms with Gasteiger partial charge >= 0.3 is 0 Å². The molecule has 1 aliphatic rings. The van der Waals surface area contributed by atoms with Gasteiger partial charge in [-0.15, -0.1) is 11.3 Å². The van der Waals surface area contributed by atoms with Gasteiger partial charge in [-0.25, -0.2) is 4.39 Å². The molecule has 1 fully saturated rings. The number of carbonyl (C=O) groups excluding carboxylic acids is 2. The molecule has 0 unspecified atom stereocenters. The molecule has 3 rings (SSSR count). The van der Waals surface area contributed by atoms with Crippen molar-refractivity contribution in [1.82, 2.24) is 10.2 Å². The van der Waals surface area contributed by atoms with Gasteiger partial charge in [0.1, 0.15) is 0 Å². The first kappa shape index (κ1) is 17.4. The molecule has 1 aromatic heterocycles. The van der Waals surface area contributed by atoms with Gasteiger partial charge in [0.05, 0.1) is 5.92 Å². The second-order valence-electron chi connectivity index (χ2n) is 5.84. The molecular formula is C18H19FN2O3S. The molecule has 2 aromatic rings. The number of thiophene rings is 1. The maximum absolute atomic E-state index is 13.4. The summed E-state index contributed by atoms with van der Waals surface area (Å²) in [6, 6.07) is 9.98. The van der Waals surface area contributed by atoms with Gasteiger partial charge in [-0.3, -0.25) is 9.59 Å². The van der Waals surface area contributed by atoms with Crippen LogP contribution in [0.4, 0.5) is 4.39 Å². The number of rotatable bonds is 7. The monoisotopic (exact) mass is 362 g/mol. The molecule has 1 aromatic carbocycles. The largest absolute Gasteiger partial charge is 0.481 e. The highest BCUT2D eigenvalue weighted by molar-refractivity contribution is 7.09. The van der Waals surface area contributed by atoms with Gasteiger partial charge in [0, 0.05) is 24.5 Å². The number of likely N-dealkylation sites (tertiary alicyclic amines) is 1. The number of benzene rings is 1. The molecule has 1 aliphatic heterocycles. The van der Waals surface area contributed by atoms with E-state index >= 15 is 0 Å². The van der Waals surface area contributed by atoms with Crippen LogP contribution in [0.25, 0.3) is 0 Å². The van der Waals surface area contributed by atoms with Crippen LogP contribution in [0.15, 0.2) is 41.8 Å². The molecule has 0 saturated carbocycles. The summed E-state index contributed by atoms with van der Waals surface area (Å²) in [5, 5.41) is 4.91. The van der Waals surface area contributed by atoms with Crippen molar-refractivity contribution in [2.75, 3.05) is 26.2 Å². The molecule has 0 bridgehead atoms. The van der Waals surface area contributed by atoms with Gasteiger partial charge in [-0.1, -0.05) is 18.2 Å². The summed E-state index contributed by atoms with van der Waals surface area (Å²) in [5.74, 6) is -0.900. The van der Waals surface area contributed by atoms with Crippen molar-refractivity contribution in [2.24, 2.45) is 5.92 Å². The van der Waals surface area contributed by atoms with E-state index in [0.29, 0.717) is 19.6 Å². The van der Waals surface area contributed by atoms with Gasteiger partial charge in [0.2, 0.25) is 5.91 Å². The minimum atomic E-state index is -0.498. The van der Waals surface area contributed by atoms with Crippen LogP contribution < -0.4 is 10.1 Å². The lowest BCUT2D eigenvalue weighted by atomic mass is 9.99. The Kier molecular flexibility index (Phi) is 5.65. The maximum Gasteiger partial charge on any atom is 0.260 e. The lowest BCUT2D eigenvalue weighted by molar-refractivity contribution is -0.144. The molecule has 1 saturated heterocycles. The van der Waals surface area contributed by atoms with Crippen molar-refractivity contribution in [2.45, 2.75) is 6.42 Å². The first-order valence-electron chi connectivity index (χ1n) is 8.08. The molecule has 0 radical (unpaired) electrons. The third-order valence-corrected chi connectivity index (χ3v) is 4.98. The summed E-state index contributed by atoms with van der Waals surface area (Å²) in [6.45, 7) is 1.13. The Morgan fingerprint density at radius 2 is 2.04 bits per heavy atom. The van der Waals surface area contributed by atoms with Crippen LogP contribution in [0.2, 0.25) is 0 Å². The van der Waals surface area contributed by atoms with Crippen molar-refractivity contribution in [3.63, 3.8) is 0 Å². The van der Waals surface area contributed by atoms with Gasteiger partial charge in [-0.05, 0) is 30.0 Å². The topological polar surface area (TPSA) is 58.6 Å². The Balaban J connectivity index is 1.34. The fourth-order valence-corrected chi connectivity index (χ4v) is 3.26. The van der Waals surface area contributed by atoms with Crippen molar-refractivity contribution in [1.29, 1.82) is 0 Å². The minimum absolute atomic E-state index is 0.0318. The van der Waals surface area contributed by atoms with Crippen LogP contribution in [0.5, 0.6) is 5.75 Å². The Hall–Kier alpha value is -2.41. The zero-order valence-electron chi connectivity index (χ0n) is 13.6. The van der Waals surface area contributed by atoms with Crippen LogP contribution in [-0.4, -0.2) is 43.0 Å². The second-order valence-corrected chi connectivity index (χ2v) is 6.87. The number of hydrogen-bond acceptors (Lipinski definition) is 4. The van der Waals surface area contributed by atoms with E-state index < -0.39 is 5.82 Å². The summed E-state index contributed by atoms with van der Waals surface area (Å²) in [4.78, 5) is 26.8. The third kappa shape index (κ3) is 4.57. The molecule has 5 nitrogen and oxygen atoms in total. The molecule has 1 N–H and O–H groups in total. The normalized spacial score (nSPS) is 14.0. The van der Waals surface area contributed by atoms with E-state index in [1.54, 1.807) is 28.4 Å². The molecule has 132 valence electrons. The summed E-state index contributed by atoms with van der Waals surface area (Å²) in [7, 11) is 0. The van der Waals surface area contributed by atoms with Gasteiger partial charge in [0.25, 0.3) is 5.91 Å². The number of carbonyl (C=O) groups is 2. The number of para-hydroxylation sites is 1. The summed E-state index contributed by atoms with van der Waals surface area (Å²) >= 11 is 1.67. The van der Waals surface area contributed by atoms with Crippen molar-refractivity contribution in [3.05, 3.63) is 52.5 Å². The predicted octanol–water partition coefficient (Wildman–Crippen LogP) is 2.08. The van der Waals surface area contributed by atoms with Gasteiger partial charge in [0.15, 0.2) is 18.2 Å². The maximum atomic E-state index is 13.4. The quantitative estimate of drug-likeness (QED) is 0.820. The van der Waals surface area contributed by atoms with E-state index in [0.717, 1.165) is 6.42 Å². The highest BCUT2D eigenvalue weighted by atomic mass is 32.1. The smallest absolute Gasteiger partial charge is 0.260 e. The van der Waals surface area contributed by atoms with E-state index in [2.05, 4.69) is 5.32 Å². The number of ether oxygens (including phenoxy) is 1. The Labute approximate surface area is 149 Å². The van der Waals surface area contributed by atoms with Gasteiger partial charge in [-0.2, -0.15) is 0 Å². The van der Waals surface area contributed by atoms with E-state index in [-0.39, 0.29) is 30.1 Å². The number of amides is 2. The van der Waals surface area contributed by atoms with Crippen LogP contribution in [0.3, 0.4) is 0 Å². The average Bonchev–Trinajstić information content (AvgIpc) is 3.06. The molecule has 0 atom stereocenters. The SMILES string of the molecule is O=C(NCCc1cccs1)C1CN(C(=O)COc2ccccc2F)C1. The van der Waals surface area contributed by atoms with Crippen LogP contribution in [0.1, 0.15) is 4.88 Å². The zero-order valence-corrected chi connectivity index (χ0v) is 14.4. The van der Waals surface area contributed by atoms with Crippen LogP contribution >= 0.6 is 11.3 Å². The zero-order chi connectivity index (χ0) is 17.6. The van der Waals surface area contributed by atoms with Crippen molar-refractivity contribution >= 4 is 23.2 Å². The summed E-state index contributed by atoms with van der Waals surface area (Å²) in [5.41, 5.74) is 0. The predicted molar refractivity (Wildman–Crippen MR) is 93.0 cm³/mol. The highest BCUT2D eigenvalue weighted by Gasteiger charge is 2.35. The number of hydrogen-bond donors (Lipinski definition) is 1. The molecular weight excluding hydrogens is 343 g/mol. The summed E-state index contributed by atoms with van der Waals surface area (Å²) < 4.78 is 18.6. The lowest BCUT2D eigenvalue weighted by Gasteiger charge is -2.38. The molecule has 2 heterocycles. The molecule has 25 heavy (non-hydrogen) atoms. The lowest BCUT2D eigenvalue weighted by Crippen LogP contribution is -2.56. The Morgan fingerprint density at radius 1 is 1.24 bits per heavy atom. The van der Waals surface area contributed by atoms with Crippen molar-refractivity contribution < 1.29 is 18.7 Å². The minimum Gasteiger partial charge on any atom is -0.481 e. The molecule has 0 spiro atoms. The molecule has 0 aliphatic carbocycles. The Bertz CT molecular complexity index is 730. The van der Waals surface area contributed by atoms with Crippen molar-refractivity contribution in [3.8, 4) is 5.75 Å². The molecule has 2 amide bonds.